The van der Waals surface area contributed by atoms with Crippen LogP contribution in [-0.2, 0) is 4.79 Å². The molecular weight excluding hydrogens is 388 g/mol. The first-order valence-corrected chi connectivity index (χ1v) is 9.80. The fourth-order valence-corrected chi connectivity index (χ4v) is 3.75. The number of carbonyl (C=O) groups is 2. The number of aromatic nitrogens is 2. The van der Waals surface area contributed by atoms with Crippen molar-refractivity contribution in [1.82, 2.24) is 14.9 Å². The van der Waals surface area contributed by atoms with Crippen molar-refractivity contribution in [3.8, 4) is 0 Å². The van der Waals surface area contributed by atoms with E-state index in [1.165, 1.54) is 0 Å². The summed E-state index contributed by atoms with van der Waals surface area (Å²) in [7, 11) is 0. The van der Waals surface area contributed by atoms with Gasteiger partial charge in [-0.3, -0.25) is 9.59 Å². The summed E-state index contributed by atoms with van der Waals surface area (Å²) in [5, 5.41) is 9.41. The molecular formula is C18H19ClN4O3S. The van der Waals surface area contributed by atoms with Gasteiger partial charge in [-0.05, 0) is 19.1 Å². The molecule has 1 N–H and O–H groups in total. The van der Waals surface area contributed by atoms with Gasteiger partial charge in [-0.15, -0.1) is 0 Å². The fourth-order valence-electron chi connectivity index (χ4n) is 2.95. The minimum Gasteiger partial charge on any atom is -0.481 e. The van der Waals surface area contributed by atoms with E-state index in [0.717, 1.165) is 11.8 Å². The third-order valence-corrected chi connectivity index (χ3v) is 5.24. The molecule has 0 aliphatic carbocycles. The number of aliphatic carboxylic acids is 1. The molecule has 142 valence electrons. The maximum atomic E-state index is 12.7. The standard InChI is InChI=1S/C18H19ClN4O3S/c1-12-10-22(7-8-23(12)17(26)13-5-3-2-4-6-13)15-9-14(19)20-18(21-15)27-11-16(24)25/h2-6,9,12H,7-8,10-11H2,1H3,(H,24,25)/t12-/m0/s1. The number of carbonyl (C=O) groups excluding carboxylic acids is 1. The van der Waals surface area contributed by atoms with Crippen LogP contribution in [0.2, 0.25) is 5.15 Å². The van der Waals surface area contributed by atoms with Gasteiger partial charge in [0.25, 0.3) is 5.91 Å². The van der Waals surface area contributed by atoms with Crippen LogP contribution in [-0.4, -0.2) is 63.3 Å². The first-order chi connectivity index (χ1) is 12.9. The predicted molar refractivity (Wildman–Crippen MR) is 105 cm³/mol. The minimum atomic E-state index is -0.938. The van der Waals surface area contributed by atoms with Gasteiger partial charge in [0, 0.05) is 37.3 Å². The highest BCUT2D eigenvalue weighted by Gasteiger charge is 2.29. The molecule has 0 radical (unpaired) electrons. The third-order valence-electron chi connectivity index (χ3n) is 4.22. The lowest BCUT2D eigenvalue weighted by Gasteiger charge is -2.40. The molecule has 27 heavy (non-hydrogen) atoms. The molecule has 1 aromatic heterocycles. The van der Waals surface area contributed by atoms with Gasteiger partial charge >= 0.3 is 5.97 Å². The Kier molecular flexibility index (Phi) is 6.18. The van der Waals surface area contributed by atoms with Crippen LogP contribution in [0.1, 0.15) is 17.3 Å². The van der Waals surface area contributed by atoms with Gasteiger partial charge < -0.3 is 14.9 Å². The summed E-state index contributed by atoms with van der Waals surface area (Å²) in [5.41, 5.74) is 0.676. The van der Waals surface area contributed by atoms with Crippen LogP contribution in [0.3, 0.4) is 0 Å². The Hall–Kier alpha value is -2.32. The molecule has 2 aromatic rings. The number of anilines is 1. The quantitative estimate of drug-likeness (QED) is 0.464. The SMILES string of the molecule is C[C@H]1CN(c2cc(Cl)nc(SCC(=O)O)n2)CCN1C(=O)c1ccccc1. The summed E-state index contributed by atoms with van der Waals surface area (Å²) < 4.78 is 0. The van der Waals surface area contributed by atoms with Gasteiger partial charge in [-0.2, -0.15) is 0 Å². The van der Waals surface area contributed by atoms with Crippen LogP contribution in [0.5, 0.6) is 0 Å². The van der Waals surface area contributed by atoms with Crippen LogP contribution >= 0.6 is 23.4 Å². The van der Waals surface area contributed by atoms with Crippen molar-refractivity contribution in [3.63, 3.8) is 0 Å². The Morgan fingerprint density at radius 2 is 2.00 bits per heavy atom. The van der Waals surface area contributed by atoms with Crippen LogP contribution < -0.4 is 4.90 Å². The summed E-state index contributed by atoms with van der Waals surface area (Å²) >= 11 is 7.10. The van der Waals surface area contributed by atoms with Gasteiger partial charge in [-0.1, -0.05) is 41.6 Å². The van der Waals surface area contributed by atoms with Crippen molar-refractivity contribution < 1.29 is 14.7 Å². The molecule has 1 aromatic carbocycles. The average Bonchev–Trinajstić information content (AvgIpc) is 2.66. The number of piperazine rings is 1. The number of nitrogens with zero attached hydrogens (tertiary/aromatic N) is 4. The maximum Gasteiger partial charge on any atom is 0.313 e. The van der Waals surface area contributed by atoms with E-state index in [9.17, 15) is 9.59 Å². The first-order valence-electron chi connectivity index (χ1n) is 8.44. The normalized spacial score (nSPS) is 17.0. The van der Waals surface area contributed by atoms with Crippen LogP contribution in [0.25, 0.3) is 0 Å². The average molecular weight is 407 g/mol. The zero-order chi connectivity index (χ0) is 19.4. The Balaban J connectivity index is 1.70. The summed E-state index contributed by atoms with van der Waals surface area (Å²) in [4.78, 5) is 35.8. The molecule has 1 fully saturated rings. The van der Waals surface area contributed by atoms with Gasteiger partial charge in [0.2, 0.25) is 0 Å². The zero-order valence-corrected chi connectivity index (χ0v) is 16.3. The number of benzene rings is 1. The highest BCUT2D eigenvalue weighted by atomic mass is 35.5. The minimum absolute atomic E-state index is 0.00433. The maximum absolute atomic E-state index is 12.7. The van der Waals surface area contributed by atoms with E-state index in [2.05, 4.69) is 9.97 Å². The molecule has 0 spiro atoms. The van der Waals surface area contributed by atoms with Crippen molar-refractivity contribution in [1.29, 1.82) is 0 Å². The number of hydrogen-bond donors (Lipinski definition) is 1. The number of carboxylic acids is 1. The lowest BCUT2D eigenvalue weighted by molar-refractivity contribution is -0.133. The molecule has 0 bridgehead atoms. The van der Waals surface area contributed by atoms with Crippen molar-refractivity contribution in [2.24, 2.45) is 0 Å². The number of hydrogen-bond acceptors (Lipinski definition) is 6. The largest absolute Gasteiger partial charge is 0.481 e. The second kappa shape index (κ2) is 8.58. The summed E-state index contributed by atoms with van der Waals surface area (Å²) in [5.74, 6) is -0.412. The Bertz CT molecular complexity index is 837. The molecule has 1 amide bonds. The van der Waals surface area contributed by atoms with Crippen molar-refractivity contribution in [3.05, 3.63) is 47.1 Å². The fraction of sp³-hybridized carbons (Fsp3) is 0.333. The first kappa shape index (κ1) is 19.4. The van der Waals surface area contributed by atoms with E-state index in [0.29, 0.717) is 36.2 Å². The van der Waals surface area contributed by atoms with E-state index in [1.54, 1.807) is 6.07 Å². The van der Waals surface area contributed by atoms with Gasteiger partial charge in [0.15, 0.2) is 5.16 Å². The lowest BCUT2D eigenvalue weighted by atomic mass is 10.1. The monoisotopic (exact) mass is 406 g/mol. The van der Waals surface area contributed by atoms with Gasteiger partial charge in [0.1, 0.15) is 11.0 Å². The van der Waals surface area contributed by atoms with E-state index in [-0.39, 0.29) is 22.9 Å². The molecule has 9 heteroatoms. The van der Waals surface area contributed by atoms with Crippen molar-refractivity contribution in [2.75, 3.05) is 30.3 Å². The van der Waals surface area contributed by atoms with Crippen molar-refractivity contribution in [2.45, 2.75) is 18.1 Å². The number of carboxylic acid groups (broad SMARTS) is 1. The molecule has 1 aliphatic rings. The number of halogens is 1. The molecule has 0 saturated carbocycles. The zero-order valence-electron chi connectivity index (χ0n) is 14.7. The molecule has 2 heterocycles. The second-order valence-corrected chi connectivity index (χ2v) is 7.50. The van der Waals surface area contributed by atoms with E-state index in [1.807, 2.05) is 47.1 Å². The van der Waals surface area contributed by atoms with Gasteiger partial charge in [0.05, 0.1) is 5.75 Å². The number of amides is 1. The molecule has 3 rings (SSSR count). The summed E-state index contributed by atoms with van der Waals surface area (Å²) in [6.07, 6.45) is 0. The smallest absolute Gasteiger partial charge is 0.313 e. The number of thioether (sulfide) groups is 1. The predicted octanol–water partition coefficient (Wildman–Crippen LogP) is 2.66. The van der Waals surface area contributed by atoms with Crippen molar-refractivity contribution >= 4 is 41.1 Å². The molecule has 1 aliphatic heterocycles. The molecule has 0 unspecified atom stereocenters. The van der Waals surface area contributed by atoms with E-state index in [4.69, 9.17) is 16.7 Å². The Labute approximate surface area is 166 Å². The Morgan fingerprint density at radius 1 is 1.26 bits per heavy atom. The molecule has 1 atom stereocenters. The molecule has 1 saturated heterocycles. The second-order valence-electron chi connectivity index (χ2n) is 6.17. The van der Waals surface area contributed by atoms with E-state index >= 15 is 0 Å². The Morgan fingerprint density at radius 3 is 2.67 bits per heavy atom. The highest BCUT2D eigenvalue weighted by molar-refractivity contribution is 7.99. The lowest BCUT2D eigenvalue weighted by Crippen LogP contribution is -2.54. The van der Waals surface area contributed by atoms with Crippen LogP contribution in [0.15, 0.2) is 41.6 Å². The van der Waals surface area contributed by atoms with E-state index < -0.39 is 5.97 Å². The van der Waals surface area contributed by atoms with Crippen LogP contribution in [0.4, 0.5) is 5.82 Å². The number of rotatable bonds is 5. The van der Waals surface area contributed by atoms with Gasteiger partial charge in [-0.25, -0.2) is 9.97 Å². The molecule has 7 nitrogen and oxygen atoms in total. The highest BCUT2D eigenvalue weighted by Crippen LogP contribution is 2.24. The summed E-state index contributed by atoms with van der Waals surface area (Å²) in [6.45, 7) is 3.78. The topological polar surface area (TPSA) is 86.6 Å². The van der Waals surface area contributed by atoms with Crippen LogP contribution in [0, 0.1) is 0 Å². The summed E-state index contributed by atoms with van der Waals surface area (Å²) in [6, 6.07) is 10.9. The third kappa shape index (κ3) is 4.90.